The molecule has 0 spiro atoms. The third-order valence-corrected chi connectivity index (χ3v) is 1.70. The second-order valence-corrected chi connectivity index (χ2v) is 2.77. The lowest BCUT2D eigenvalue weighted by Crippen LogP contribution is -2.03. The predicted octanol–water partition coefficient (Wildman–Crippen LogP) is 1.11. The Morgan fingerprint density at radius 2 is 2.25 bits per heavy atom. The number of esters is 1. The third kappa shape index (κ3) is 2.88. The highest BCUT2D eigenvalue weighted by atomic mass is 19.1. The van der Waals surface area contributed by atoms with Crippen LogP contribution in [0.4, 0.5) is 4.39 Å². The Labute approximate surface area is 90.2 Å². The fourth-order valence-corrected chi connectivity index (χ4v) is 0.938. The predicted molar refractivity (Wildman–Crippen MR) is 52.2 cm³/mol. The first-order valence-electron chi connectivity index (χ1n) is 4.19. The van der Waals surface area contributed by atoms with Gasteiger partial charge in [0.05, 0.1) is 7.11 Å². The SMILES string of the molecule is COC(=O)C=Cc1cnc(F)c(C(=O)O)c1. The fraction of sp³-hybridized carbons (Fsp3) is 0.100. The molecule has 0 saturated carbocycles. The van der Waals surface area contributed by atoms with Crippen LogP contribution in [0.1, 0.15) is 15.9 Å². The Hall–Kier alpha value is -2.24. The molecule has 0 fully saturated rings. The summed E-state index contributed by atoms with van der Waals surface area (Å²) in [7, 11) is 1.21. The summed E-state index contributed by atoms with van der Waals surface area (Å²) in [4.78, 5) is 24.6. The third-order valence-electron chi connectivity index (χ3n) is 1.70. The molecule has 84 valence electrons. The van der Waals surface area contributed by atoms with Gasteiger partial charge in [-0.15, -0.1) is 0 Å². The number of carboxylic acids is 1. The van der Waals surface area contributed by atoms with Crippen molar-refractivity contribution in [1.82, 2.24) is 4.98 Å². The van der Waals surface area contributed by atoms with Crippen molar-refractivity contribution in [2.45, 2.75) is 0 Å². The molecule has 0 saturated heterocycles. The maximum Gasteiger partial charge on any atom is 0.340 e. The summed E-state index contributed by atoms with van der Waals surface area (Å²) in [6, 6.07) is 1.07. The number of hydrogen-bond donors (Lipinski definition) is 1. The quantitative estimate of drug-likeness (QED) is 0.473. The molecule has 0 radical (unpaired) electrons. The van der Waals surface area contributed by atoms with Gasteiger partial charge in [-0.3, -0.25) is 0 Å². The number of halogens is 1. The minimum absolute atomic E-state index is 0.296. The first-order valence-corrected chi connectivity index (χ1v) is 4.19. The van der Waals surface area contributed by atoms with Crippen molar-refractivity contribution in [2.24, 2.45) is 0 Å². The molecule has 1 aromatic heterocycles. The number of nitrogens with zero attached hydrogens (tertiary/aromatic N) is 1. The van der Waals surface area contributed by atoms with Crippen LogP contribution in [0.3, 0.4) is 0 Å². The van der Waals surface area contributed by atoms with E-state index in [1.165, 1.54) is 13.2 Å². The molecule has 0 aliphatic heterocycles. The number of aromatic nitrogens is 1. The van der Waals surface area contributed by atoms with Gasteiger partial charge in [-0.05, 0) is 17.7 Å². The smallest absolute Gasteiger partial charge is 0.340 e. The number of carbonyl (C=O) groups excluding carboxylic acids is 1. The molecule has 0 unspecified atom stereocenters. The van der Waals surface area contributed by atoms with Gasteiger partial charge in [0.25, 0.3) is 0 Å². The molecule has 16 heavy (non-hydrogen) atoms. The maximum atomic E-state index is 12.9. The van der Waals surface area contributed by atoms with Crippen LogP contribution in [0.5, 0.6) is 0 Å². The first-order chi connectivity index (χ1) is 7.54. The number of pyridine rings is 1. The van der Waals surface area contributed by atoms with E-state index in [0.29, 0.717) is 5.56 Å². The lowest BCUT2D eigenvalue weighted by atomic mass is 10.2. The van der Waals surface area contributed by atoms with E-state index in [1.54, 1.807) is 0 Å². The zero-order valence-corrected chi connectivity index (χ0v) is 8.31. The molecule has 1 rings (SSSR count). The van der Waals surface area contributed by atoms with Gasteiger partial charge in [0.15, 0.2) is 0 Å². The summed E-state index contributed by atoms with van der Waals surface area (Å²) in [5.74, 6) is -3.08. The molecule has 6 heteroatoms. The zero-order chi connectivity index (χ0) is 12.1. The lowest BCUT2D eigenvalue weighted by molar-refractivity contribution is -0.134. The molecular formula is C10H8FNO4. The van der Waals surface area contributed by atoms with E-state index < -0.39 is 23.4 Å². The topological polar surface area (TPSA) is 76.5 Å². The second kappa shape index (κ2) is 5.01. The summed E-state index contributed by atoms with van der Waals surface area (Å²) in [5, 5.41) is 8.62. The summed E-state index contributed by atoms with van der Waals surface area (Å²) >= 11 is 0. The minimum Gasteiger partial charge on any atom is -0.478 e. The van der Waals surface area contributed by atoms with Crippen LogP contribution in [-0.2, 0) is 9.53 Å². The van der Waals surface area contributed by atoms with Crippen LogP contribution in [0.15, 0.2) is 18.3 Å². The van der Waals surface area contributed by atoms with Crippen LogP contribution >= 0.6 is 0 Å². The summed E-state index contributed by atoms with van der Waals surface area (Å²) < 4.78 is 17.2. The average Bonchev–Trinajstić information content (AvgIpc) is 2.27. The average molecular weight is 225 g/mol. The monoisotopic (exact) mass is 225 g/mol. The van der Waals surface area contributed by atoms with Crippen molar-refractivity contribution >= 4 is 18.0 Å². The Bertz CT molecular complexity index is 456. The molecule has 1 aromatic rings. The Balaban J connectivity index is 2.99. The molecule has 0 amide bonds. The number of carboxylic acid groups (broad SMARTS) is 1. The van der Waals surface area contributed by atoms with E-state index in [9.17, 15) is 14.0 Å². The van der Waals surface area contributed by atoms with Crippen molar-refractivity contribution in [3.05, 3.63) is 35.4 Å². The van der Waals surface area contributed by atoms with Gasteiger partial charge < -0.3 is 9.84 Å². The summed E-state index contributed by atoms with van der Waals surface area (Å²) in [6.45, 7) is 0. The Kier molecular flexibility index (Phi) is 3.71. The van der Waals surface area contributed by atoms with Gasteiger partial charge in [-0.25, -0.2) is 14.6 Å². The van der Waals surface area contributed by atoms with Crippen LogP contribution in [-0.4, -0.2) is 29.1 Å². The van der Waals surface area contributed by atoms with Crippen molar-refractivity contribution in [2.75, 3.05) is 7.11 Å². The Morgan fingerprint density at radius 1 is 1.56 bits per heavy atom. The highest BCUT2D eigenvalue weighted by Gasteiger charge is 2.11. The van der Waals surface area contributed by atoms with Crippen LogP contribution in [0, 0.1) is 5.95 Å². The van der Waals surface area contributed by atoms with Crippen LogP contribution in [0.25, 0.3) is 6.08 Å². The molecule has 1 heterocycles. The fourth-order valence-electron chi connectivity index (χ4n) is 0.938. The van der Waals surface area contributed by atoms with Gasteiger partial charge in [0, 0.05) is 12.3 Å². The normalized spacial score (nSPS) is 10.4. The number of aromatic carboxylic acids is 1. The number of ether oxygens (including phenoxy) is 1. The van der Waals surface area contributed by atoms with Gasteiger partial charge in [-0.2, -0.15) is 4.39 Å². The number of rotatable bonds is 3. The van der Waals surface area contributed by atoms with Gasteiger partial charge in [0.1, 0.15) is 5.56 Å². The number of methoxy groups -OCH3 is 1. The van der Waals surface area contributed by atoms with E-state index in [4.69, 9.17) is 5.11 Å². The van der Waals surface area contributed by atoms with E-state index >= 15 is 0 Å². The van der Waals surface area contributed by atoms with Gasteiger partial charge >= 0.3 is 11.9 Å². The van der Waals surface area contributed by atoms with E-state index in [0.717, 1.165) is 18.3 Å². The highest BCUT2D eigenvalue weighted by Crippen LogP contribution is 2.09. The van der Waals surface area contributed by atoms with Crippen LogP contribution in [0.2, 0.25) is 0 Å². The molecular weight excluding hydrogens is 217 g/mol. The molecule has 0 aliphatic rings. The number of carbonyl (C=O) groups is 2. The van der Waals surface area contributed by atoms with Gasteiger partial charge in [0.2, 0.25) is 5.95 Å². The zero-order valence-electron chi connectivity index (χ0n) is 8.31. The van der Waals surface area contributed by atoms with Crippen molar-refractivity contribution in [1.29, 1.82) is 0 Å². The van der Waals surface area contributed by atoms with Gasteiger partial charge in [-0.1, -0.05) is 0 Å². The summed E-state index contributed by atoms with van der Waals surface area (Å²) in [6.07, 6.45) is 3.48. The molecule has 0 atom stereocenters. The standard InChI is InChI=1S/C10H8FNO4/c1-16-8(13)3-2-6-4-7(10(14)15)9(11)12-5-6/h2-5H,1H3,(H,14,15). The maximum absolute atomic E-state index is 12.9. The van der Waals surface area contributed by atoms with Crippen molar-refractivity contribution in [3.8, 4) is 0 Å². The van der Waals surface area contributed by atoms with E-state index in [2.05, 4.69) is 9.72 Å². The molecule has 0 bridgehead atoms. The van der Waals surface area contributed by atoms with E-state index in [-0.39, 0.29) is 0 Å². The molecule has 5 nitrogen and oxygen atoms in total. The van der Waals surface area contributed by atoms with Crippen LogP contribution < -0.4 is 0 Å². The molecule has 0 aliphatic carbocycles. The Morgan fingerprint density at radius 3 is 2.81 bits per heavy atom. The second-order valence-electron chi connectivity index (χ2n) is 2.77. The molecule has 0 aromatic carbocycles. The molecule has 1 N–H and O–H groups in total. The minimum atomic E-state index is -1.42. The van der Waals surface area contributed by atoms with E-state index in [1.807, 2.05) is 0 Å². The highest BCUT2D eigenvalue weighted by molar-refractivity contribution is 5.90. The first kappa shape index (κ1) is 11.8. The van der Waals surface area contributed by atoms with Crippen molar-refractivity contribution in [3.63, 3.8) is 0 Å². The van der Waals surface area contributed by atoms with Crippen molar-refractivity contribution < 1.29 is 23.8 Å². The largest absolute Gasteiger partial charge is 0.478 e. The summed E-state index contributed by atoms with van der Waals surface area (Å²) in [5.41, 5.74) is -0.254. The number of hydrogen-bond acceptors (Lipinski definition) is 4. The lowest BCUT2D eigenvalue weighted by Gasteiger charge is -1.98.